The number of hydrogen-bond donors (Lipinski definition) is 1. The van der Waals surface area contributed by atoms with Crippen molar-refractivity contribution in [3.05, 3.63) is 46.3 Å². The summed E-state index contributed by atoms with van der Waals surface area (Å²) in [7, 11) is 0. The molecule has 0 amide bonds. The fraction of sp³-hybridized carbons (Fsp3) is 0.231. The Bertz CT molecular complexity index is 531. The smallest absolute Gasteiger partial charge is 0.228 e. The molecule has 2 heterocycles. The minimum absolute atomic E-state index is 0.534. The van der Waals surface area contributed by atoms with Crippen molar-refractivity contribution >= 4 is 21.6 Å². The second kappa shape index (κ2) is 5.82. The molecule has 0 aliphatic heterocycles. The van der Waals surface area contributed by atoms with Gasteiger partial charge in [0, 0.05) is 18.3 Å². The molecule has 5 heteroatoms. The number of nitrogens with zero attached hydrogens (tertiary/aromatic N) is 2. The van der Waals surface area contributed by atoms with Crippen LogP contribution < -0.4 is 10.5 Å². The van der Waals surface area contributed by atoms with Crippen molar-refractivity contribution in [2.24, 2.45) is 0 Å². The highest BCUT2D eigenvalue weighted by Gasteiger charge is 2.08. The maximum absolute atomic E-state index is 5.75. The van der Waals surface area contributed by atoms with Crippen molar-refractivity contribution in [1.29, 1.82) is 0 Å². The van der Waals surface area contributed by atoms with Crippen LogP contribution in [0.25, 0.3) is 0 Å². The Morgan fingerprint density at radius 3 is 2.89 bits per heavy atom. The number of nitrogens with two attached hydrogens (primary N) is 1. The van der Waals surface area contributed by atoms with E-state index in [4.69, 9.17) is 10.5 Å². The molecular formula is C13H14BrN3O. The predicted octanol–water partition coefficient (Wildman–Crippen LogP) is 2.75. The second-order valence-electron chi connectivity index (χ2n) is 3.88. The highest BCUT2D eigenvalue weighted by atomic mass is 79.9. The summed E-state index contributed by atoms with van der Waals surface area (Å²) in [6.07, 6.45) is 4.13. The molecule has 0 atom stereocenters. The molecule has 2 rings (SSSR count). The molecule has 0 aliphatic rings. The highest BCUT2D eigenvalue weighted by Crippen LogP contribution is 2.29. The standard InChI is InChI=1S/C13H14BrN3O/c1-9-11(15)8-17-13(12(9)14)18-7-5-10-4-2-3-6-16-10/h2-4,6,8H,5,7,15H2,1H3. The zero-order valence-corrected chi connectivity index (χ0v) is 11.6. The van der Waals surface area contributed by atoms with Crippen LogP contribution in [0.1, 0.15) is 11.3 Å². The SMILES string of the molecule is Cc1c(N)cnc(OCCc2ccccn2)c1Br. The Morgan fingerprint density at radius 1 is 1.33 bits per heavy atom. The average molecular weight is 308 g/mol. The van der Waals surface area contributed by atoms with Gasteiger partial charge in [0.15, 0.2) is 0 Å². The van der Waals surface area contributed by atoms with Gasteiger partial charge in [0.05, 0.1) is 23.0 Å². The summed E-state index contributed by atoms with van der Waals surface area (Å²) >= 11 is 3.43. The van der Waals surface area contributed by atoms with E-state index in [1.54, 1.807) is 12.4 Å². The Morgan fingerprint density at radius 2 is 2.17 bits per heavy atom. The van der Waals surface area contributed by atoms with Gasteiger partial charge in [0.1, 0.15) is 0 Å². The molecule has 4 nitrogen and oxygen atoms in total. The third kappa shape index (κ3) is 2.98. The first-order valence-corrected chi connectivity index (χ1v) is 6.41. The average Bonchev–Trinajstić information content (AvgIpc) is 2.40. The van der Waals surface area contributed by atoms with Crippen LogP contribution in [0.5, 0.6) is 5.88 Å². The van der Waals surface area contributed by atoms with E-state index in [2.05, 4.69) is 25.9 Å². The second-order valence-corrected chi connectivity index (χ2v) is 4.67. The number of aromatic nitrogens is 2. The Hall–Kier alpha value is -1.62. The van der Waals surface area contributed by atoms with Gasteiger partial charge >= 0.3 is 0 Å². The van der Waals surface area contributed by atoms with E-state index in [1.807, 2.05) is 25.1 Å². The van der Waals surface area contributed by atoms with Crippen molar-refractivity contribution in [2.45, 2.75) is 13.3 Å². The summed E-state index contributed by atoms with van der Waals surface area (Å²) in [5, 5.41) is 0. The van der Waals surface area contributed by atoms with Crippen molar-refractivity contribution in [1.82, 2.24) is 9.97 Å². The highest BCUT2D eigenvalue weighted by molar-refractivity contribution is 9.10. The molecule has 2 aromatic heterocycles. The molecule has 0 unspecified atom stereocenters. The van der Waals surface area contributed by atoms with Gasteiger partial charge in [0.25, 0.3) is 0 Å². The number of nitrogen functional groups attached to an aromatic ring is 1. The molecule has 0 radical (unpaired) electrons. The molecule has 0 saturated carbocycles. The molecule has 0 fully saturated rings. The van der Waals surface area contributed by atoms with Crippen LogP contribution in [-0.4, -0.2) is 16.6 Å². The number of halogens is 1. The fourth-order valence-electron chi connectivity index (χ4n) is 1.47. The summed E-state index contributed by atoms with van der Waals surface area (Å²) in [6, 6.07) is 5.83. The quantitative estimate of drug-likeness (QED) is 0.943. The van der Waals surface area contributed by atoms with Gasteiger partial charge in [-0.2, -0.15) is 0 Å². The van der Waals surface area contributed by atoms with Gasteiger partial charge in [-0.25, -0.2) is 4.98 Å². The van der Waals surface area contributed by atoms with Crippen LogP contribution in [0.4, 0.5) is 5.69 Å². The van der Waals surface area contributed by atoms with E-state index in [0.29, 0.717) is 18.2 Å². The number of hydrogen-bond acceptors (Lipinski definition) is 4. The van der Waals surface area contributed by atoms with E-state index < -0.39 is 0 Å². The van der Waals surface area contributed by atoms with Gasteiger partial charge in [-0.15, -0.1) is 0 Å². The summed E-state index contributed by atoms with van der Waals surface area (Å²) < 4.78 is 6.43. The number of pyridine rings is 2. The lowest BCUT2D eigenvalue weighted by Gasteiger charge is -2.09. The van der Waals surface area contributed by atoms with Crippen LogP contribution in [0.2, 0.25) is 0 Å². The van der Waals surface area contributed by atoms with E-state index in [-0.39, 0.29) is 0 Å². The summed E-state index contributed by atoms with van der Waals surface area (Å²) in [5.74, 6) is 0.567. The van der Waals surface area contributed by atoms with Crippen LogP contribution in [0.3, 0.4) is 0 Å². The molecule has 0 saturated heterocycles. The minimum atomic E-state index is 0.534. The van der Waals surface area contributed by atoms with Crippen molar-refractivity contribution in [3.8, 4) is 5.88 Å². The number of rotatable bonds is 4. The van der Waals surface area contributed by atoms with Gasteiger partial charge < -0.3 is 10.5 Å². The van der Waals surface area contributed by atoms with E-state index >= 15 is 0 Å². The first-order chi connectivity index (χ1) is 8.68. The molecule has 0 bridgehead atoms. The third-order valence-electron chi connectivity index (χ3n) is 2.59. The van der Waals surface area contributed by atoms with Gasteiger partial charge in [-0.1, -0.05) is 6.07 Å². The first-order valence-electron chi connectivity index (χ1n) is 5.61. The molecule has 94 valence electrons. The van der Waals surface area contributed by atoms with Crippen LogP contribution in [0.15, 0.2) is 35.1 Å². The van der Waals surface area contributed by atoms with Crippen LogP contribution in [0, 0.1) is 6.92 Å². The Balaban J connectivity index is 1.97. The third-order valence-corrected chi connectivity index (χ3v) is 3.53. The summed E-state index contributed by atoms with van der Waals surface area (Å²) in [5.41, 5.74) is 8.35. The molecule has 0 aromatic carbocycles. The fourth-order valence-corrected chi connectivity index (χ4v) is 1.91. The van der Waals surface area contributed by atoms with E-state index in [1.165, 1.54) is 0 Å². The van der Waals surface area contributed by atoms with Gasteiger partial charge in [0.2, 0.25) is 5.88 Å². The van der Waals surface area contributed by atoms with Crippen molar-refractivity contribution in [2.75, 3.05) is 12.3 Å². The van der Waals surface area contributed by atoms with Crippen LogP contribution >= 0.6 is 15.9 Å². The molecule has 2 aromatic rings. The summed E-state index contributed by atoms with van der Waals surface area (Å²) in [6.45, 7) is 2.46. The topological polar surface area (TPSA) is 61.0 Å². The predicted molar refractivity (Wildman–Crippen MR) is 74.5 cm³/mol. The molecule has 18 heavy (non-hydrogen) atoms. The van der Waals surface area contributed by atoms with Crippen molar-refractivity contribution < 1.29 is 4.74 Å². The van der Waals surface area contributed by atoms with E-state index in [0.717, 1.165) is 22.2 Å². The maximum Gasteiger partial charge on any atom is 0.228 e. The number of ether oxygens (including phenoxy) is 1. The van der Waals surface area contributed by atoms with Crippen LogP contribution in [-0.2, 0) is 6.42 Å². The monoisotopic (exact) mass is 307 g/mol. The zero-order chi connectivity index (χ0) is 13.0. The number of anilines is 1. The van der Waals surface area contributed by atoms with Gasteiger partial charge in [-0.05, 0) is 40.5 Å². The normalized spacial score (nSPS) is 10.3. The maximum atomic E-state index is 5.75. The lowest BCUT2D eigenvalue weighted by molar-refractivity contribution is 0.306. The lowest BCUT2D eigenvalue weighted by atomic mass is 10.2. The Kier molecular flexibility index (Phi) is 4.15. The minimum Gasteiger partial charge on any atom is -0.476 e. The van der Waals surface area contributed by atoms with Crippen molar-refractivity contribution in [3.63, 3.8) is 0 Å². The Labute approximate surface area is 114 Å². The molecule has 0 aliphatic carbocycles. The molecule has 2 N–H and O–H groups in total. The zero-order valence-electron chi connectivity index (χ0n) is 10.1. The van der Waals surface area contributed by atoms with E-state index in [9.17, 15) is 0 Å². The molecular weight excluding hydrogens is 294 g/mol. The largest absolute Gasteiger partial charge is 0.476 e. The summed E-state index contributed by atoms with van der Waals surface area (Å²) in [4.78, 5) is 8.39. The molecule has 0 spiro atoms. The van der Waals surface area contributed by atoms with Gasteiger partial charge in [-0.3, -0.25) is 4.98 Å². The lowest BCUT2D eigenvalue weighted by Crippen LogP contribution is -2.05. The first kappa shape index (κ1) is 12.8.